The lowest BCUT2D eigenvalue weighted by Crippen LogP contribution is -2.40. The predicted molar refractivity (Wildman–Crippen MR) is 90.5 cm³/mol. The molecule has 0 amide bonds. The van der Waals surface area contributed by atoms with E-state index in [1.807, 2.05) is 11.8 Å². The number of hydrogen-bond acceptors (Lipinski definition) is 2. The normalized spacial score (nSPS) is 24.6. The lowest BCUT2D eigenvalue weighted by Gasteiger charge is -2.33. The van der Waals surface area contributed by atoms with Crippen molar-refractivity contribution >= 4 is 11.8 Å². The molecule has 0 aromatic heterocycles. The minimum Gasteiger partial charge on any atom is -0.313 e. The number of hydrogen-bond donors (Lipinski definition) is 1. The van der Waals surface area contributed by atoms with Crippen molar-refractivity contribution in [2.45, 2.75) is 57.4 Å². The summed E-state index contributed by atoms with van der Waals surface area (Å²) in [6.45, 7) is 7.89. The molecule has 1 aliphatic carbocycles. The Kier molecular flexibility index (Phi) is 6.44. The molecule has 1 aromatic rings. The molecule has 1 aromatic carbocycles. The van der Waals surface area contributed by atoms with Crippen LogP contribution in [0.4, 0.5) is 0 Å². The zero-order valence-corrected chi connectivity index (χ0v) is 14.0. The van der Waals surface area contributed by atoms with E-state index in [2.05, 4.69) is 50.4 Å². The molecule has 0 bridgehead atoms. The van der Waals surface area contributed by atoms with Crippen LogP contribution in [0.5, 0.6) is 0 Å². The Bertz CT molecular complexity index is 387. The van der Waals surface area contributed by atoms with Gasteiger partial charge < -0.3 is 5.32 Å². The summed E-state index contributed by atoms with van der Waals surface area (Å²) < 4.78 is 0. The molecule has 0 heterocycles. The van der Waals surface area contributed by atoms with Crippen LogP contribution < -0.4 is 5.32 Å². The van der Waals surface area contributed by atoms with Gasteiger partial charge in [-0.05, 0) is 50.3 Å². The van der Waals surface area contributed by atoms with E-state index in [0.29, 0.717) is 6.04 Å². The number of aryl methyl sites for hydroxylation is 1. The molecule has 1 fully saturated rings. The Hall–Kier alpha value is -0.470. The Morgan fingerprint density at radius 1 is 1.25 bits per heavy atom. The third-order valence-electron chi connectivity index (χ3n) is 4.46. The average molecular weight is 292 g/mol. The Morgan fingerprint density at radius 3 is 2.65 bits per heavy atom. The molecule has 112 valence electrons. The molecular formula is C18H29NS. The topological polar surface area (TPSA) is 12.0 Å². The van der Waals surface area contributed by atoms with E-state index in [1.165, 1.54) is 41.9 Å². The summed E-state index contributed by atoms with van der Waals surface area (Å²) in [7, 11) is 0. The zero-order chi connectivity index (χ0) is 14.4. The molecule has 1 nitrogen and oxygen atoms in total. The van der Waals surface area contributed by atoms with Crippen LogP contribution in [0.25, 0.3) is 0 Å². The Morgan fingerprint density at radius 2 is 2.00 bits per heavy atom. The molecule has 1 saturated carbocycles. The summed E-state index contributed by atoms with van der Waals surface area (Å²) in [5.41, 5.74) is 1.35. The van der Waals surface area contributed by atoms with Gasteiger partial charge >= 0.3 is 0 Å². The Balaban J connectivity index is 1.89. The first-order valence-corrected chi connectivity index (χ1v) is 9.10. The fourth-order valence-corrected chi connectivity index (χ4v) is 4.38. The Labute approximate surface area is 128 Å². The summed E-state index contributed by atoms with van der Waals surface area (Å²) in [5, 5.41) is 3.73. The van der Waals surface area contributed by atoms with Crippen LogP contribution in [0.15, 0.2) is 29.2 Å². The van der Waals surface area contributed by atoms with Crippen molar-refractivity contribution in [2.24, 2.45) is 11.8 Å². The lowest BCUT2D eigenvalue weighted by atomic mass is 9.79. The molecule has 0 radical (unpaired) electrons. The van der Waals surface area contributed by atoms with Gasteiger partial charge in [0.1, 0.15) is 0 Å². The second kappa shape index (κ2) is 8.09. The van der Waals surface area contributed by atoms with Crippen molar-refractivity contribution in [3.63, 3.8) is 0 Å². The highest BCUT2D eigenvalue weighted by atomic mass is 32.2. The van der Waals surface area contributed by atoms with E-state index >= 15 is 0 Å². The summed E-state index contributed by atoms with van der Waals surface area (Å²) >= 11 is 2.01. The van der Waals surface area contributed by atoms with Gasteiger partial charge in [0.2, 0.25) is 0 Å². The number of nitrogens with one attached hydrogen (secondary N) is 1. The van der Waals surface area contributed by atoms with E-state index in [-0.39, 0.29) is 0 Å². The monoisotopic (exact) mass is 291 g/mol. The van der Waals surface area contributed by atoms with Crippen molar-refractivity contribution in [2.75, 3.05) is 12.3 Å². The first-order valence-electron chi connectivity index (χ1n) is 8.12. The second-order valence-corrected chi connectivity index (χ2v) is 7.41. The highest BCUT2D eigenvalue weighted by Gasteiger charge is 2.26. The van der Waals surface area contributed by atoms with Gasteiger partial charge in [0, 0.05) is 16.7 Å². The van der Waals surface area contributed by atoms with Crippen molar-refractivity contribution < 1.29 is 0 Å². The molecular weight excluding hydrogens is 262 g/mol. The first-order chi connectivity index (χ1) is 9.69. The molecule has 3 atom stereocenters. The first kappa shape index (κ1) is 15.9. The summed E-state index contributed by atoms with van der Waals surface area (Å²) in [5.74, 6) is 2.99. The number of benzene rings is 1. The minimum atomic E-state index is 0.675. The van der Waals surface area contributed by atoms with Gasteiger partial charge in [0.05, 0.1) is 0 Å². The van der Waals surface area contributed by atoms with Crippen LogP contribution in [0.1, 0.15) is 45.1 Å². The molecule has 2 rings (SSSR count). The van der Waals surface area contributed by atoms with Crippen LogP contribution in [0.2, 0.25) is 0 Å². The van der Waals surface area contributed by atoms with Crippen molar-refractivity contribution in [3.05, 3.63) is 29.8 Å². The SMILES string of the molecule is CCNC(CSc1ccc(C)cc1)C1CCCC(C)C1. The van der Waals surface area contributed by atoms with E-state index in [1.54, 1.807) is 0 Å². The number of thioether (sulfide) groups is 1. The maximum absolute atomic E-state index is 3.73. The van der Waals surface area contributed by atoms with E-state index in [4.69, 9.17) is 0 Å². The van der Waals surface area contributed by atoms with Gasteiger partial charge in [-0.15, -0.1) is 11.8 Å². The summed E-state index contributed by atoms with van der Waals surface area (Å²) in [6, 6.07) is 9.62. The number of rotatable bonds is 6. The van der Waals surface area contributed by atoms with Crippen molar-refractivity contribution in [1.82, 2.24) is 5.32 Å². The third-order valence-corrected chi connectivity index (χ3v) is 5.59. The van der Waals surface area contributed by atoms with Crippen LogP contribution in [0, 0.1) is 18.8 Å². The molecule has 1 aliphatic rings. The maximum Gasteiger partial charge on any atom is 0.0189 e. The highest BCUT2D eigenvalue weighted by molar-refractivity contribution is 7.99. The van der Waals surface area contributed by atoms with E-state index in [9.17, 15) is 0 Å². The fraction of sp³-hybridized carbons (Fsp3) is 0.667. The van der Waals surface area contributed by atoms with Crippen molar-refractivity contribution in [3.8, 4) is 0 Å². The van der Waals surface area contributed by atoms with Crippen molar-refractivity contribution in [1.29, 1.82) is 0 Å². The summed E-state index contributed by atoms with van der Waals surface area (Å²) in [4.78, 5) is 1.40. The van der Waals surface area contributed by atoms with Crippen LogP contribution in [-0.2, 0) is 0 Å². The molecule has 0 spiro atoms. The highest BCUT2D eigenvalue weighted by Crippen LogP contribution is 2.33. The summed E-state index contributed by atoms with van der Waals surface area (Å²) in [6.07, 6.45) is 5.67. The minimum absolute atomic E-state index is 0.675. The smallest absolute Gasteiger partial charge is 0.0189 e. The molecule has 0 aliphatic heterocycles. The fourth-order valence-electron chi connectivity index (χ4n) is 3.29. The van der Waals surface area contributed by atoms with E-state index in [0.717, 1.165) is 18.4 Å². The molecule has 1 N–H and O–H groups in total. The predicted octanol–water partition coefficient (Wildman–Crippen LogP) is 4.89. The average Bonchev–Trinajstić information content (AvgIpc) is 2.45. The van der Waals surface area contributed by atoms with Gasteiger partial charge in [-0.25, -0.2) is 0 Å². The van der Waals surface area contributed by atoms with Gasteiger partial charge in [-0.2, -0.15) is 0 Å². The molecule has 20 heavy (non-hydrogen) atoms. The van der Waals surface area contributed by atoms with Gasteiger partial charge in [-0.3, -0.25) is 0 Å². The van der Waals surface area contributed by atoms with E-state index < -0.39 is 0 Å². The maximum atomic E-state index is 3.73. The zero-order valence-electron chi connectivity index (χ0n) is 13.2. The quantitative estimate of drug-likeness (QED) is 0.749. The molecule has 3 unspecified atom stereocenters. The van der Waals surface area contributed by atoms with Gasteiger partial charge in [-0.1, -0.05) is 44.4 Å². The molecule has 0 saturated heterocycles. The van der Waals surface area contributed by atoms with Crippen LogP contribution >= 0.6 is 11.8 Å². The van der Waals surface area contributed by atoms with Gasteiger partial charge in [0.15, 0.2) is 0 Å². The standard InChI is InChI=1S/C18H29NS/c1-4-19-18(16-7-5-6-15(3)12-16)13-20-17-10-8-14(2)9-11-17/h8-11,15-16,18-19H,4-7,12-13H2,1-3H3. The third kappa shape index (κ3) is 4.82. The lowest BCUT2D eigenvalue weighted by molar-refractivity contribution is 0.235. The van der Waals surface area contributed by atoms with Crippen LogP contribution in [0.3, 0.4) is 0 Å². The largest absolute Gasteiger partial charge is 0.313 e. The molecule has 2 heteroatoms. The van der Waals surface area contributed by atoms with Gasteiger partial charge in [0.25, 0.3) is 0 Å². The van der Waals surface area contributed by atoms with Crippen LogP contribution in [-0.4, -0.2) is 18.3 Å². The second-order valence-electron chi connectivity index (χ2n) is 6.32.